The molecule has 8 nitrogen and oxygen atoms in total. The molecule has 0 saturated heterocycles. The lowest BCUT2D eigenvalue weighted by Gasteiger charge is -2.17. The molecule has 1 N–H and O–H groups in total. The minimum absolute atomic E-state index is 0.165. The van der Waals surface area contributed by atoms with Crippen molar-refractivity contribution in [2.75, 3.05) is 11.9 Å². The third-order valence-corrected chi connectivity index (χ3v) is 5.83. The zero-order valence-corrected chi connectivity index (χ0v) is 19.7. The van der Waals surface area contributed by atoms with Gasteiger partial charge < -0.3 is 14.6 Å². The van der Waals surface area contributed by atoms with E-state index in [4.69, 9.17) is 4.74 Å². The van der Waals surface area contributed by atoms with E-state index >= 15 is 0 Å². The van der Waals surface area contributed by atoms with Gasteiger partial charge in [0.15, 0.2) is 5.82 Å². The Hall–Kier alpha value is -3.51. The Bertz CT molecular complexity index is 1200. The van der Waals surface area contributed by atoms with Crippen LogP contribution in [-0.2, 0) is 0 Å². The summed E-state index contributed by atoms with van der Waals surface area (Å²) in [7, 11) is -1.56. The molecule has 0 aliphatic carbocycles. The number of fused-ring (bicyclic) bond motifs is 5. The van der Waals surface area contributed by atoms with Crippen LogP contribution >= 0.6 is 0 Å². The van der Waals surface area contributed by atoms with Crippen molar-refractivity contribution >= 4 is 19.8 Å². The van der Waals surface area contributed by atoms with Gasteiger partial charge in [-0.2, -0.15) is 0 Å². The highest BCUT2D eigenvalue weighted by atomic mass is 28.3. The van der Waals surface area contributed by atoms with Gasteiger partial charge in [0.05, 0.1) is 6.61 Å². The zero-order valence-electron chi connectivity index (χ0n) is 18.7. The molecule has 4 heterocycles. The highest BCUT2D eigenvalue weighted by molar-refractivity contribution is 6.83. The van der Waals surface area contributed by atoms with E-state index in [2.05, 4.69) is 63.5 Å². The normalized spacial score (nSPS) is 16.4. The van der Waals surface area contributed by atoms with E-state index < -0.39 is 8.07 Å². The fourth-order valence-electron chi connectivity index (χ4n) is 3.31. The van der Waals surface area contributed by atoms with Gasteiger partial charge in [-0.3, -0.25) is 4.79 Å². The van der Waals surface area contributed by atoms with Crippen LogP contribution in [0.25, 0.3) is 11.5 Å². The summed E-state index contributed by atoms with van der Waals surface area (Å²) in [5.41, 5.74) is 4.99. The molecule has 164 valence electrons. The second kappa shape index (κ2) is 8.92. The molecule has 0 saturated carbocycles. The molecule has 0 spiro atoms. The van der Waals surface area contributed by atoms with E-state index in [1.54, 1.807) is 24.7 Å². The average Bonchev–Trinajstić information content (AvgIpc) is 3.25. The number of carbonyl (C=O) groups is 1. The van der Waals surface area contributed by atoms with Gasteiger partial charge in [-0.05, 0) is 38.0 Å². The van der Waals surface area contributed by atoms with Crippen LogP contribution in [0.15, 0.2) is 36.8 Å². The Morgan fingerprint density at radius 3 is 2.94 bits per heavy atom. The van der Waals surface area contributed by atoms with Gasteiger partial charge in [0.2, 0.25) is 5.88 Å². The third kappa shape index (κ3) is 5.03. The molecule has 1 aliphatic heterocycles. The first-order valence-electron chi connectivity index (χ1n) is 10.6. The average molecular weight is 447 g/mol. The van der Waals surface area contributed by atoms with Crippen molar-refractivity contribution in [2.24, 2.45) is 0 Å². The van der Waals surface area contributed by atoms with Crippen molar-refractivity contribution in [1.82, 2.24) is 24.7 Å². The Kier molecular flexibility index (Phi) is 6.05. The number of nitrogens with one attached hydrogen (secondary N) is 1. The van der Waals surface area contributed by atoms with Gasteiger partial charge in [-0.15, -0.1) is 15.7 Å². The number of pyridine rings is 2. The molecule has 2 bridgehead atoms. The van der Waals surface area contributed by atoms with E-state index in [1.807, 2.05) is 16.7 Å². The van der Waals surface area contributed by atoms with E-state index in [1.165, 1.54) is 0 Å². The van der Waals surface area contributed by atoms with Crippen LogP contribution in [0.1, 0.15) is 41.7 Å². The number of carbonyl (C=O) groups excluding carboxylic acids is 1. The minimum atomic E-state index is -1.56. The van der Waals surface area contributed by atoms with E-state index in [0.29, 0.717) is 40.9 Å². The molecule has 0 unspecified atom stereocenters. The summed E-state index contributed by atoms with van der Waals surface area (Å²) >= 11 is 0. The topological polar surface area (TPSA) is 94.8 Å². The molecular weight excluding hydrogens is 420 g/mol. The summed E-state index contributed by atoms with van der Waals surface area (Å²) in [5, 5.41) is 11.2. The molecule has 32 heavy (non-hydrogen) atoms. The number of aromatic nitrogens is 5. The molecule has 0 aromatic carbocycles. The Morgan fingerprint density at radius 1 is 1.28 bits per heavy atom. The maximum absolute atomic E-state index is 13.1. The number of hydrogen-bond acceptors (Lipinski definition) is 6. The predicted molar refractivity (Wildman–Crippen MR) is 125 cm³/mol. The number of anilines is 1. The summed E-state index contributed by atoms with van der Waals surface area (Å²) in [4.78, 5) is 22.1. The Labute approximate surface area is 188 Å². The summed E-state index contributed by atoms with van der Waals surface area (Å²) in [5.74, 6) is 4.19. The van der Waals surface area contributed by atoms with Crippen LogP contribution < -0.4 is 10.1 Å². The van der Waals surface area contributed by atoms with Crippen LogP contribution in [0.2, 0.25) is 19.6 Å². The molecule has 0 fully saturated rings. The van der Waals surface area contributed by atoms with E-state index in [-0.39, 0.29) is 11.9 Å². The number of ether oxygens (including phenoxy) is 1. The van der Waals surface area contributed by atoms with Crippen LogP contribution in [-0.4, -0.2) is 45.3 Å². The Morgan fingerprint density at radius 2 is 2.12 bits per heavy atom. The van der Waals surface area contributed by atoms with E-state index in [0.717, 1.165) is 12.8 Å². The van der Waals surface area contributed by atoms with Crippen LogP contribution in [0, 0.1) is 11.5 Å². The minimum Gasteiger partial charge on any atom is -0.477 e. The first kappa shape index (κ1) is 21.7. The summed E-state index contributed by atoms with van der Waals surface area (Å²) in [6.07, 6.45) is 5.00. The second-order valence-electron chi connectivity index (χ2n) is 8.84. The smallest absolute Gasteiger partial charge is 0.262 e. The third-order valence-electron chi connectivity index (χ3n) is 4.95. The van der Waals surface area contributed by atoms with Gasteiger partial charge in [0, 0.05) is 17.8 Å². The van der Waals surface area contributed by atoms with Crippen molar-refractivity contribution in [3.8, 4) is 28.9 Å². The summed E-state index contributed by atoms with van der Waals surface area (Å²) in [6, 6.07) is 7.33. The quantitative estimate of drug-likeness (QED) is 0.415. The fraction of sp³-hybridized carbons (Fsp3) is 0.348. The van der Waals surface area contributed by atoms with Crippen LogP contribution in [0.5, 0.6) is 5.88 Å². The molecule has 1 aliphatic rings. The predicted octanol–water partition coefficient (Wildman–Crippen LogP) is 3.95. The molecular formula is C23H26N6O2Si. The number of nitrogens with zero attached hydrogens (tertiary/aromatic N) is 5. The first-order chi connectivity index (χ1) is 15.3. The number of hydrogen-bond donors (Lipinski definition) is 1. The van der Waals surface area contributed by atoms with Crippen molar-refractivity contribution in [3.63, 3.8) is 0 Å². The lowest BCUT2D eigenvalue weighted by atomic mass is 10.1. The lowest BCUT2D eigenvalue weighted by Crippen LogP contribution is -2.18. The maximum atomic E-state index is 13.1. The molecule has 0 radical (unpaired) electrons. The van der Waals surface area contributed by atoms with Crippen LogP contribution in [0.4, 0.5) is 5.82 Å². The fourth-order valence-corrected chi connectivity index (χ4v) is 3.82. The monoisotopic (exact) mass is 446 g/mol. The first-order valence-corrected chi connectivity index (χ1v) is 14.1. The SMILES string of the molecule is C[C@H]1CCCOc2ncc(C#C[Si](C)(C)C)cc2C(=O)Nc2cccc(n2)-c2nncn21. The highest BCUT2D eigenvalue weighted by Gasteiger charge is 2.19. The summed E-state index contributed by atoms with van der Waals surface area (Å²) < 4.78 is 7.90. The zero-order chi connectivity index (χ0) is 22.7. The van der Waals surface area contributed by atoms with Crippen molar-refractivity contribution < 1.29 is 9.53 Å². The van der Waals surface area contributed by atoms with Crippen LogP contribution in [0.3, 0.4) is 0 Å². The van der Waals surface area contributed by atoms with Crippen molar-refractivity contribution in [3.05, 3.63) is 47.9 Å². The molecule has 1 amide bonds. The Balaban J connectivity index is 1.73. The largest absolute Gasteiger partial charge is 0.477 e. The lowest BCUT2D eigenvalue weighted by molar-refractivity contribution is 0.102. The van der Waals surface area contributed by atoms with Gasteiger partial charge in [-0.1, -0.05) is 31.6 Å². The van der Waals surface area contributed by atoms with Gasteiger partial charge in [0.1, 0.15) is 31.5 Å². The van der Waals surface area contributed by atoms with Gasteiger partial charge >= 0.3 is 0 Å². The highest BCUT2D eigenvalue weighted by Crippen LogP contribution is 2.25. The molecule has 9 heteroatoms. The second-order valence-corrected chi connectivity index (χ2v) is 13.6. The molecule has 4 rings (SSSR count). The number of amides is 1. The molecule has 3 aromatic heterocycles. The van der Waals surface area contributed by atoms with Gasteiger partial charge in [-0.25, -0.2) is 9.97 Å². The molecule has 3 aromatic rings. The molecule has 1 atom stereocenters. The summed E-state index contributed by atoms with van der Waals surface area (Å²) in [6.45, 7) is 9.06. The number of rotatable bonds is 0. The van der Waals surface area contributed by atoms with Gasteiger partial charge in [0.25, 0.3) is 5.91 Å². The van der Waals surface area contributed by atoms with Crippen molar-refractivity contribution in [1.29, 1.82) is 0 Å². The maximum Gasteiger partial charge on any atom is 0.262 e. The van der Waals surface area contributed by atoms with E-state index in [9.17, 15) is 4.79 Å². The standard InChI is InChI=1S/C23H26N6O2Si/c1-16-7-6-11-31-23-18(13-17(14-24-23)10-12-32(2,3)4)22(30)27-20-9-5-8-19(26-20)21-28-25-15-29(16)21/h5,8-9,13-16H,6-7,11H2,1-4H3,(H,26,27,30)/t16-/m0/s1. The van der Waals surface area contributed by atoms with Crippen molar-refractivity contribution in [2.45, 2.75) is 45.4 Å².